The van der Waals surface area contributed by atoms with Gasteiger partial charge in [0.2, 0.25) is 0 Å². The fourth-order valence-electron chi connectivity index (χ4n) is 2.68. The third kappa shape index (κ3) is 5.83. The quantitative estimate of drug-likeness (QED) is 0.565. The molecule has 0 aliphatic heterocycles. The van der Waals surface area contributed by atoms with Gasteiger partial charge < -0.3 is 14.8 Å². The molecule has 0 spiro atoms. The van der Waals surface area contributed by atoms with E-state index < -0.39 is 18.5 Å². The van der Waals surface area contributed by atoms with Crippen LogP contribution in [0.25, 0.3) is 11.1 Å². The van der Waals surface area contributed by atoms with Crippen molar-refractivity contribution in [1.29, 1.82) is 0 Å². The molecule has 0 aliphatic carbocycles. The fourth-order valence-corrected chi connectivity index (χ4v) is 2.80. The molecule has 0 bridgehead atoms. The predicted molar refractivity (Wildman–Crippen MR) is 113 cm³/mol. The number of anilines is 1. The zero-order chi connectivity index (χ0) is 20.6. The zero-order valence-electron chi connectivity index (χ0n) is 15.9. The molecule has 0 heterocycles. The Morgan fingerprint density at radius 2 is 1.66 bits per heavy atom. The first kappa shape index (κ1) is 20.4. The van der Waals surface area contributed by atoms with Crippen LogP contribution in [-0.4, -0.2) is 25.1 Å². The van der Waals surface area contributed by atoms with Crippen molar-refractivity contribution in [2.24, 2.45) is 0 Å². The summed E-state index contributed by atoms with van der Waals surface area (Å²) < 4.78 is 10.4. The maximum Gasteiger partial charge on any atom is 0.344 e. The number of amides is 1. The number of carbonyl (C=O) groups excluding carboxylic acids is 2. The van der Waals surface area contributed by atoms with Crippen LogP contribution in [0.15, 0.2) is 72.8 Å². The molecule has 1 N–H and O–H groups in total. The highest BCUT2D eigenvalue weighted by Gasteiger charge is 2.11. The van der Waals surface area contributed by atoms with Crippen molar-refractivity contribution < 1.29 is 19.1 Å². The van der Waals surface area contributed by atoms with Crippen molar-refractivity contribution in [3.05, 3.63) is 83.4 Å². The number of ether oxygens (including phenoxy) is 2. The van der Waals surface area contributed by atoms with E-state index in [-0.39, 0.29) is 6.61 Å². The highest BCUT2D eigenvalue weighted by Crippen LogP contribution is 2.27. The number of esters is 1. The van der Waals surface area contributed by atoms with Crippen molar-refractivity contribution in [2.75, 3.05) is 18.5 Å². The Morgan fingerprint density at radius 3 is 2.41 bits per heavy atom. The Morgan fingerprint density at radius 1 is 0.931 bits per heavy atom. The van der Waals surface area contributed by atoms with Crippen LogP contribution >= 0.6 is 11.6 Å². The van der Waals surface area contributed by atoms with Gasteiger partial charge >= 0.3 is 5.97 Å². The van der Waals surface area contributed by atoms with E-state index in [1.807, 2.05) is 55.5 Å². The molecule has 148 valence electrons. The minimum absolute atomic E-state index is 0.297. The van der Waals surface area contributed by atoms with Gasteiger partial charge in [-0.15, -0.1) is 0 Å². The summed E-state index contributed by atoms with van der Waals surface area (Å²) in [5.74, 6) is -0.557. The molecule has 0 aliphatic rings. The number of rotatable bonds is 7. The fraction of sp³-hybridized carbons (Fsp3) is 0.130. The smallest absolute Gasteiger partial charge is 0.344 e. The molecular formula is C23H20ClNO4. The first-order valence-corrected chi connectivity index (χ1v) is 9.39. The number of benzene rings is 3. The monoisotopic (exact) mass is 409 g/mol. The van der Waals surface area contributed by atoms with Crippen molar-refractivity contribution in [1.82, 2.24) is 0 Å². The summed E-state index contributed by atoms with van der Waals surface area (Å²) in [4.78, 5) is 24.1. The Bertz CT molecular complexity index is 1000. The Balaban J connectivity index is 1.51. The van der Waals surface area contributed by atoms with E-state index in [9.17, 15) is 9.59 Å². The van der Waals surface area contributed by atoms with Gasteiger partial charge in [-0.05, 0) is 42.3 Å². The minimum Gasteiger partial charge on any atom is -0.482 e. The lowest BCUT2D eigenvalue weighted by atomic mass is 10.0. The van der Waals surface area contributed by atoms with Crippen LogP contribution in [0.3, 0.4) is 0 Å². The molecular weight excluding hydrogens is 390 g/mol. The molecule has 29 heavy (non-hydrogen) atoms. The predicted octanol–water partition coefficient (Wildman–Crippen LogP) is 4.88. The third-order valence-corrected chi connectivity index (χ3v) is 4.56. The van der Waals surface area contributed by atoms with E-state index in [1.54, 1.807) is 24.3 Å². The first-order chi connectivity index (χ1) is 14.0. The van der Waals surface area contributed by atoms with Gasteiger partial charge in [-0.2, -0.15) is 0 Å². The van der Waals surface area contributed by atoms with Crippen molar-refractivity contribution in [3.63, 3.8) is 0 Å². The maximum atomic E-state index is 12.2. The Hall–Kier alpha value is -3.31. The molecule has 3 rings (SSSR count). The number of halogens is 1. The van der Waals surface area contributed by atoms with E-state index in [0.29, 0.717) is 16.5 Å². The second-order valence-electron chi connectivity index (χ2n) is 6.32. The van der Waals surface area contributed by atoms with E-state index >= 15 is 0 Å². The van der Waals surface area contributed by atoms with Crippen LogP contribution in [0.5, 0.6) is 5.75 Å². The normalized spacial score (nSPS) is 10.3. The van der Waals surface area contributed by atoms with Crippen LogP contribution in [-0.2, 0) is 14.3 Å². The van der Waals surface area contributed by atoms with E-state index in [2.05, 4.69) is 5.32 Å². The number of hydrogen-bond donors (Lipinski definition) is 1. The molecule has 0 saturated carbocycles. The summed E-state index contributed by atoms with van der Waals surface area (Å²) in [6, 6.07) is 22.2. The molecule has 3 aromatic carbocycles. The molecule has 1 amide bonds. The number of carbonyl (C=O) groups is 2. The summed E-state index contributed by atoms with van der Waals surface area (Å²) in [5.41, 5.74) is 3.35. The molecule has 0 radical (unpaired) electrons. The van der Waals surface area contributed by atoms with Gasteiger partial charge in [-0.1, -0.05) is 60.1 Å². The molecule has 5 nitrogen and oxygen atoms in total. The molecule has 0 fully saturated rings. The SMILES string of the molecule is Cc1cc(OCC(=O)OCC(=O)Nc2ccccc2-c2ccccc2)ccc1Cl. The van der Waals surface area contributed by atoms with Crippen molar-refractivity contribution >= 4 is 29.2 Å². The van der Waals surface area contributed by atoms with Gasteiger partial charge in [0.1, 0.15) is 5.75 Å². The van der Waals surface area contributed by atoms with E-state index in [1.165, 1.54) is 0 Å². The molecule has 0 aromatic heterocycles. The van der Waals surface area contributed by atoms with Crippen LogP contribution in [0, 0.1) is 6.92 Å². The third-order valence-electron chi connectivity index (χ3n) is 4.14. The van der Waals surface area contributed by atoms with Gasteiger partial charge in [0.05, 0.1) is 0 Å². The summed E-state index contributed by atoms with van der Waals surface area (Å²) >= 11 is 5.95. The zero-order valence-corrected chi connectivity index (χ0v) is 16.6. The summed E-state index contributed by atoms with van der Waals surface area (Å²) in [5, 5.41) is 3.40. The lowest BCUT2D eigenvalue weighted by Crippen LogP contribution is -2.23. The summed E-state index contributed by atoms with van der Waals surface area (Å²) in [6.45, 7) is 1.14. The van der Waals surface area contributed by atoms with Crippen molar-refractivity contribution in [2.45, 2.75) is 6.92 Å². The molecule has 0 saturated heterocycles. The highest BCUT2D eigenvalue weighted by atomic mass is 35.5. The maximum absolute atomic E-state index is 12.2. The second kappa shape index (κ2) is 9.75. The number of aryl methyl sites for hydroxylation is 1. The van der Waals surface area contributed by atoms with Crippen LogP contribution in [0.1, 0.15) is 5.56 Å². The van der Waals surface area contributed by atoms with Crippen LogP contribution in [0.2, 0.25) is 5.02 Å². The topological polar surface area (TPSA) is 64.6 Å². The molecule has 3 aromatic rings. The lowest BCUT2D eigenvalue weighted by molar-refractivity contribution is -0.149. The van der Waals surface area contributed by atoms with Crippen molar-refractivity contribution in [3.8, 4) is 16.9 Å². The summed E-state index contributed by atoms with van der Waals surface area (Å²) in [7, 11) is 0. The molecule has 6 heteroatoms. The highest BCUT2D eigenvalue weighted by molar-refractivity contribution is 6.31. The first-order valence-electron chi connectivity index (χ1n) is 9.02. The average molecular weight is 410 g/mol. The Kier molecular flexibility index (Phi) is 6.87. The average Bonchev–Trinajstić information content (AvgIpc) is 2.74. The van der Waals surface area contributed by atoms with Crippen LogP contribution < -0.4 is 10.1 Å². The van der Waals surface area contributed by atoms with Gasteiger partial charge in [-0.3, -0.25) is 4.79 Å². The lowest BCUT2D eigenvalue weighted by Gasteiger charge is -2.12. The minimum atomic E-state index is -0.635. The standard InChI is InChI=1S/C23H20ClNO4/c1-16-13-18(11-12-20(16)24)28-15-23(27)29-14-22(26)25-21-10-6-5-9-19(21)17-7-3-2-4-8-17/h2-13H,14-15H2,1H3,(H,25,26). The van der Waals surface area contributed by atoms with E-state index in [4.69, 9.17) is 21.1 Å². The molecule has 0 atom stereocenters. The largest absolute Gasteiger partial charge is 0.482 e. The Labute approximate surface area is 174 Å². The second-order valence-corrected chi connectivity index (χ2v) is 6.73. The number of hydrogen-bond acceptors (Lipinski definition) is 4. The van der Waals surface area contributed by atoms with Gasteiger partial charge in [-0.25, -0.2) is 4.79 Å². The summed E-state index contributed by atoms with van der Waals surface area (Å²) in [6.07, 6.45) is 0. The number of nitrogens with one attached hydrogen (secondary N) is 1. The molecule has 0 unspecified atom stereocenters. The number of para-hydroxylation sites is 1. The van der Waals surface area contributed by atoms with Gasteiger partial charge in [0.25, 0.3) is 5.91 Å². The van der Waals surface area contributed by atoms with E-state index in [0.717, 1.165) is 16.7 Å². The van der Waals surface area contributed by atoms with Gasteiger partial charge in [0.15, 0.2) is 13.2 Å². The van der Waals surface area contributed by atoms with Crippen LogP contribution in [0.4, 0.5) is 5.69 Å². The van der Waals surface area contributed by atoms with Gasteiger partial charge in [0, 0.05) is 16.3 Å².